The van der Waals surface area contributed by atoms with Gasteiger partial charge >= 0.3 is 6.36 Å². The first-order valence-corrected chi connectivity index (χ1v) is 7.04. The van der Waals surface area contributed by atoms with Crippen LogP contribution in [-0.2, 0) is 4.79 Å². The van der Waals surface area contributed by atoms with Crippen molar-refractivity contribution in [1.82, 2.24) is 0 Å². The third-order valence-electron chi connectivity index (χ3n) is 3.21. The highest BCUT2D eigenvalue weighted by Gasteiger charge is 2.31. The van der Waals surface area contributed by atoms with Gasteiger partial charge in [-0.1, -0.05) is 43.3 Å². The van der Waals surface area contributed by atoms with Gasteiger partial charge in [-0.3, -0.25) is 4.79 Å². The summed E-state index contributed by atoms with van der Waals surface area (Å²) in [5.41, 5.74) is 1.29. The normalized spacial score (nSPS) is 12.5. The number of hydrogen-bond acceptors (Lipinski definition) is 2. The van der Waals surface area contributed by atoms with E-state index in [0.717, 1.165) is 11.6 Å². The third-order valence-corrected chi connectivity index (χ3v) is 3.21. The molecule has 122 valence electrons. The Kier molecular flexibility index (Phi) is 5.26. The number of anilines is 1. The first-order valence-electron chi connectivity index (χ1n) is 7.04. The molecule has 23 heavy (non-hydrogen) atoms. The highest BCUT2D eigenvalue weighted by molar-refractivity contribution is 5.91. The Morgan fingerprint density at radius 1 is 1.13 bits per heavy atom. The molecule has 1 N–H and O–H groups in total. The predicted molar refractivity (Wildman–Crippen MR) is 81.2 cm³/mol. The van der Waals surface area contributed by atoms with Crippen molar-refractivity contribution in [3.63, 3.8) is 0 Å². The zero-order chi connectivity index (χ0) is 16.9. The summed E-state index contributed by atoms with van der Waals surface area (Å²) in [7, 11) is 0. The van der Waals surface area contributed by atoms with E-state index >= 15 is 0 Å². The van der Waals surface area contributed by atoms with Crippen molar-refractivity contribution < 1.29 is 22.7 Å². The molecule has 6 heteroatoms. The molecule has 0 saturated carbocycles. The molecule has 1 atom stereocenters. The maximum Gasteiger partial charge on any atom is 0.573 e. The molecule has 0 aliphatic rings. The van der Waals surface area contributed by atoms with Gasteiger partial charge in [-0.25, -0.2) is 0 Å². The van der Waals surface area contributed by atoms with E-state index in [4.69, 9.17) is 0 Å². The number of carbonyl (C=O) groups is 1. The van der Waals surface area contributed by atoms with Gasteiger partial charge in [0.05, 0.1) is 0 Å². The lowest BCUT2D eigenvalue weighted by molar-refractivity contribution is -0.274. The minimum Gasteiger partial charge on any atom is -0.406 e. The lowest BCUT2D eigenvalue weighted by Crippen LogP contribution is -2.18. The smallest absolute Gasteiger partial charge is 0.406 e. The fourth-order valence-electron chi connectivity index (χ4n) is 2.16. The van der Waals surface area contributed by atoms with E-state index in [-0.39, 0.29) is 29.7 Å². The van der Waals surface area contributed by atoms with Gasteiger partial charge in [0.15, 0.2) is 0 Å². The maximum absolute atomic E-state index is 12.2. The van der Waals surface area contributed by atoms with E-state index < -0.39 is 6.36 Å². The Hall–Kier alpha value is -2.50. The highest BCUT2D eigenvalue weighted by atomic mass is 19.4. The molecule has 1 amide bonds. The Morgan fingerprint density at radius 2 is 1.83 bits per heavy atom. The lowest BCUT2D eigenvalue weighted by atomic mass is 9.97. The van der Waals surface area contributed by atoms with Gasteiger partial charge in [0.2, 0.25) is 5.91 Å². The topological polar surface area (TPSA) is 38.3 Å². The fraction of sp³-hybridized carbons (Fsp3) is 0.235. The number of ether oxygens (including phenoxy) is 1. The van der Waals surface area contributed by atoms with Crippen LogP contribution in [0.25, 0.3) is 0 Å². The number of alkyl halides is 3. The molecule has 0 fully saturated rings. The van der Waals surface area contributed by atoms with E-state index in [1.165, 1.54) is 18.2 Å². The van der Waals surface area contributed by atoms with Crippen molar-refractivity contribution in [2.24, 2.45) is 0 Å². The summed E-state index contributed by atoms with van der Waals surface area (Å²) in [5.74, 6) is -0.636. The third kappa shape index (κ3) is 5.65. The van der Waals surface area contributed by atoms with Crippen molar-refractivity contribution in [1.29, 1.82) is 0 Å². The second kappa shape index (κ2) is 7.17. The van der Waals surface area contributed by atoms with Crippen LogP contribution in [0.5, 0.6) is 5.75 Å². The van der Waals surface area contributed by atoms with Gasteiger partial charge in [-0.2, -0.15) is 0 Å². The van der Waals surface area contributed by atoms with Crippen LogP contribution < -0.4 is 10.1 Å². The molecule has 2 aromatic carbocycles. The number of benzene rings is 2. The molecule has 0 aliphatic heterocycles. The summed E-state index contributed by atoms with van der Waals surface area (Å²) in [6.07, 6.45) is -4.53. The lowest BCUT2D eigenvalue weighted by Gasteiger charge is -2.13. The Labute approximate surface area is 132 Å². The molecule has 0 aromatic heterocycles. The number of rotatable bonds is 5. The monoisotopic (exact) mass is 323 g/mol. The van der Waals surface area contributed by atoms with Gasteiger partial charge in [-0.15, -0.1) is 13.2 Å². The van der Waals surface area contributed by atoms with Gasteiger partial charge in [0.1, 0.15) is 5.75 Å². The van der Waals surface area contributed by atoms with Crippen LogP contribution in [0.15, 0.2) is 54.6 Å². The Balaban J connectivity index is 1.96. The number of amides is 1. The molecule has 2 rings (SSSR count). The highest BCUT2D eigenvalue weighted by Crippen LogP contribution is 2.25. The molecule has 0 spiro atoms. The second-order valence-corrected chi connectivity index (χ2v) is 5.14. The van der Waals surface area contributed by atoms with Crippen molar-refractivity contribution >= 4 is 11.6 Å². The predicted octanol–water partition coefficient (Wildman–Crippen LogP) is 4.72. The number of halogens is 3. The van der Waals surface area contributed by atoms with E-state index in [1.54, 1.807) is 0 Å². The summed E-state index contributed by atoms with van der Waals surface area (Å²) < 4.78 is 40.4. The maximum atomic E-state index is 12.2. The number of nitrogens with one attached hydrogen (secondary N) is 1. The molecular weight excluding hydrogens is 307 g/mol. The van der Waals surface area contributed by atoms with Crippen LogP contribution in [0.4, 0.5) is 18.9 Å². The molecule has 1 unspecified atom stereocenters. The number of carbonyl (C=O) groups excluding carboxylic acids is 1. The average molecular weight is 323 g/mol. The zero-order valence-electron chi connectivity index (χ0n) is 12.4. The largest absolute Gasteiger partial charge is 0.573 e. The molecule has 0 bridgehead atoms. The van der Waals surface area contributed by atoms with Crippen molar-refractivity contribution in [2.75, 3.05) is 5.32 Å². The second-order valence-electron chi connectivity index (χ2n) is 5.14. The first-order chi connectivity index (χ1) is 10.8. The quantitative estimate of drug-likeness (QED) is 0.865. The van der Waals surface area contributed by atoms with Crippen LogP contribution >= 0.6 is 0 Å². The van der Waals surface area contributed by atoms with E-state index in [9.17, 15) is 18.0 Å². The van der Waals surface area contributed by atoms with E-state index in [1.807, 2.05) is 37.3 Å². The van der Waals surface area contributed by atoms with Crippen LogP contribution in [0.2, 0.25) is 0 Å². The van der Waals surface area contributed by atoms with Crippen LogP contribution in [0.3, 0.4) is 0 Å². The van der Waals surface area contributed by atoms with E-state index in [0.29, 0.717) is 0 Å². The van der Waals surface area contributed by atoms with Crippen molar-refractivity contribution in [3.05, 3.63) is 60.2 Å². The van der Waals surface area contributed by atoms with Gasteiger partial charge in [0.25, 0.3) is 0 Å². The fourth-order valence-corrected chi connectivity index (χ4v) is 2.16. The standard InChI is InChI=1S/C17H16F3NO2/c1-12(13-6-3-2-4-7-13)10-16(22)21-14-8-5-9-15(11-14)23-17(18,19)20/h2-9,11-12H,10H2,1H3,(H,21,22). The minimum absolute atomic E-state index is 0.00538. The van der Waals surface area contributed by atoms with Crippen LogP contribution in [-0.4, -0.2) is 12.3 Å². The first kappa shape index (κ1) is 16.9. The summed E-state index contributed by atoms with van der Waals surface area (Å²) in [6.45, 7) is 1.91. The Bertz CT molecular complexity index is 656. The summed E-state index contributed by atoms with van der Waals surface area (Å²) in [5, 5.41) is 2.58. The van der Waals surface area contributed by atoms with Crippen molar-refractivity contribution in [3.8, 4) is 5.75 Å². The molecule has 0 saturated heterocycles. The molecular formula is C17H16F3NO2. The molecule has 0 aliphatic carbocycles. The number of hydrogen-bond donors (Lipinski definition) is 1. The summed E-state index contributed by atoms with van der Waals surface area (Å²) >= 11 is 0. The summed E-state index contributed by atoms with van der Waals surface area (Å²) in [4.78, 5) is 12.0. The van der Waals surface area contributed by atoms with Crippen molar-refractivity contribution in [2.45, 2.75) is 25.6 Å². The SMILES string of the molecule is CC(CC(=O)Nc1cccc(OC(F)(F)F)c1)c1ccccc1. The molecule has 2 aromatic rings. The average Bonchev–Trinajstić information content (AvgIpc) is 2.46. The van der Waals surface area contributed by atoms with Crippen LogP contribution in [0.1, 0.15) is 24.8 Å². The van der Waals surface area contributed by atoms with Gasteiger partial charge < -0.3 is 10.1 Å². The molecule has 0 radical (unpaired) electrons. The molecule has 0 heterocycles. The molecule has 3 nitrogen and oxygen atoms in total. The van der Waals surface area contributed by atoms with Gasteiger partial charge in [-0.05, 0) is 23.6 Å². The zero-order valence-corrected chi connectivity index (χ0v) is 12.4. The minimum atomic E-state index is -4.76. The summed E-state index contributed by atoms with van der Waals surface area (Å²) in [6, 6.07) is 14.7. The van der Waals surface area contributed by atoms with Crippen LogP contribution in [0, 0.1) is 0 Å². The Morgan fingerprint density at radius 3 is 2.48 bits per heavy atom. The van der Waals surface area contributed by atoms with Gasteiger partial charge in [0, 0.05) is 18.2 Å². The van der Waals surface area contributed by atoms with E-state index in [2.05, 4.69) is 10.1 Å².